The Labute approximate surface area is 141 Å². The Bertz CT molecular complexity index is 692. The van der Waals surface area contributed by atoms with Gasteiger partial charge in [-0.15, -0.1) is 0 Å². The minimum Gasteiger partial charge on any atom is -0.481 e. The van der Waals surface area contributed by atoms with Crippen molar-refractivity contribution in [1.82, 2.24) is 4.98 Å². The summed E-state index contributed by atoms with van der Waals surface area (Å²) in [7, 11) is 0. The second-order valence-electron chi connectivity index (χ2n) is 6.29. The Morgan fingerprint density at radius 3 is 2.54 bits per heavy atom. The predicted molar refractivity (Wildman–Crippen MR) is 89.7 cm³/mol. The summed E-state index contributed by atoms with van der Waals surface area (Å²) in [5, 5.41) is 9.66. The van der Waals surface area contributed by atoms with Gasteiger partial charge in [-0.2, -0.15) is 0 Å². The van der Waals surface area contributed by atoms with E-state index >= 15 is 0 Å². The van der Waals surface area contributed by atoms with E-state index in [-0.39, 0.29) is 18.1 Å². The molecule has 0 spiro atoms. The number of ether oxygens (including phenoxy) is 1. The van der Waals surface area contributed by atoms with Crippen molar-refractivity contribution in [3.63, 3.8) is 0 Å². The highest BCUT2D eigenvalue weighted by atomic mass is 16.5. The quantitative estimate of drug-likeness (QED) is 0.839. The summed E-state index contributed by atoms with van der Waals surface area (Å²) in [5.74, 6) is -3.02. The molecule has 2 unspecified atom stereocenters. The zero-order chi connectivity index (χ0) is 17.9. The predicted octanol–water partition coefficient (Wildman–Crippen LogP) is 2.81. The monoisotopic (exact) mass is 330 g/mol. The molecule has 1 aliphatic rings. The molecule has 6 nitrogen and oxygen atoms in total. The second kappa shape index (κ2) is 7.38. The van der Waals surface area contributed by atoms with Gasteiger partial charge in [0.2, 0.25) is 0 Å². The third kappa shape index (κ3) is 3.69. The summed E-state index contributed by atoms with van der Waals surface area (Å²) in [6.45, 7) is 7.50. The Kier molecular flexibility index (Phi) is 5.49. The fourth-order valence-electron chi connectivity index (χ4n) is 2.82. The van der Waals surface area contributed by atoms with Gasteiger partial charge < -0.3 is 9.84 Å². The molecule has 0 bridgehead atoms. The average Bonchev–Trinajstić information content (AvgIpc) is 2.52. The van der Waals surface area contributed by atoms with Crippen molar-refractivity contribution < 1.29 is 19.4 Å². The third-order valence-corrected chi connectivity index (χ3v) is 3.87. The van der Waals surface area contributed by atoms with Gasteiger partial charge in [0.05, 0.1) is 18.1 Å². The number of pyridine rings is 1. The van der Waals surface area contributed by atoms with Crippen LogP contribution in [0.4, 0.5) is 0 Å². The van der Waals surface area contributed by atoms with Crippen LogP contribution in [0, 0.1) is 11.8 Å². The van der Waals surface area contributed by atoms with E-state index in [1.165, 1.54) is 0 Å². The lowest BCUT2D eigenvalue weighted by Gasteiger charge is -2.29. The number of aromatic nitrogens is 1. The fourth-order valence-corrected chi connectivity index (χ4v) is 2.82. The fraction of sp³-hybridized carbons (Fsp3) is 0.444. The molecule has 1 aliphatic heterocycles. The minimum absolute atomic E-state index is 0.187. The number of rotatable bonds is 5. The van der Waals surface area contributed by atoms with Crippen LogP contribution in [0.1, 0.15) is 39.3 Å². The second-order valence-corrected chi connectivity index (χ2v) is 6.29. The Balaban J connectivity index is 2.51. The zero-order valence-electron chi connectivity index (χ0n) is 14.3. The average molecular weight is 330 g/mol. The molecule has 1 aromatic heterocycles. The highest BCUT2D eigenvalue weighted by Crippen LogP contribution is 2.38. The van der Waals surface area contributed by atoms with Gasteiger partial charge in [0.15, 0.2) is 0 Å². The first-order chi connectivity index (χ1) is 11.3. The van der Waals surface area contributed by atoms with E-state index in [4.69, 9.17) is 4.74 Å². The minimum atomic E-state index is -1.03. The number of nitrogens with zero attached hydrogens (tertiary/aromatic N) is 2. The first kappa shape index (κ1) is 17.8. The van der Waals surface area contributed by atoms with Crippen molar-refractivity contribution in [1.29, 1.82) is 0 Å². The molecular weight excluding hydrogens is 308 g/mol. The number of carbonyl (C=O) groups is 2. The van der Waals surface area contributed by atoms with Crippen LogP contribution in [-0.2, 0) is 14.3 Å². The standard InChI is InChI=1S/C18H22N2O4/c1-10(2)9-24-18(23)15-12(4)20-11(3)14(17(21)22)16(15)13-7-5-6-8-19-13/h5-8,10,14,16H,9H2,1-4H3,(H,21,22). The van der Waals surface area contributed by atoms with Crippen molar-refractivity contribution in [2.75, 3.05) is 6.61 Å². The molecule has 6 heteroatoms. The molecule has 2 atom stereocenters. The molecule has 0 aromatic carbocycles. The summed E-state index contributed by atoms with van der Waals surface area (Å²) >= 11 is 0. The molecule has 2 rings (SSSR count). The lowest BCUT2D eigenvalue weighted by Crippen LogP contribution is -2.36. The SMILES string of the molecule is CC1=NC(C)=C(C(=O)OCC(C)C)C(c2ccccn2)C1C(=O)O. The molecular formula is C18H22N2O4. The molecule has 2 heterocycles. The van der Waals surface area contributed by atoms with Crippen molar-refractivity contribution in [2.45, 2.75) is 33.6 Å². The van der Waals surface area contributed by atoms with Crippen molar-refractivity contribution in [3.05, 3.63) is 41.4 Å². The van der Waals surface area contributed by atoms with Crippen LogP contribution in [0.5, 0.6) is 0 Å². The molecule has 128 valence electrons. The zero-order valence-corrected chi connectivity index (χ0v) is 14.3. The molecule has 24 heavy (non-hydrogen) atoms. The van der Waals surface area contributed by atoms with Gasteiger partial charge in [-0.05, 0) is 31.9 Å². The Hall–Kier alpha value is -2.50. The number of allylic oxidation sites excluding steroid dienone is 1. The van der Waals surface area contributed by atoms with Crippen LogP contribution in [0.3, 0.4) is 0 Å². The first-order valence-corrected chi connectivity index (χ1v) is 7.89. The topological polar surface area (TPSA) is 88.9 Å². The van der Waals surface area contributed by atoms with Crippen molar-refractivity contribution in [3.8, 4) is 0 Å². The molecule has 0 fully saturated rings. The molecule has 0 amide bonds. The van der Waals surface area contributed by atoms with Crippen molar-refractivity contribution >= 4 is 17.7 Å². The maximum absolute atomic E-state index is 12.6. The number of aliphatic carboxylic acids is 1. The van der Waals surface area contributed by atoms with Crippen LogP contribution in [-0.4, -0.2) is 34.3 Å². The maximum atomic E-state index is 12.6. The van der Waals surface area contributed by atoms with E-state index in [1.54, 1.807) is 38.2 Å². The highest BCUT2D eigenvalue weighted by Gasteiger charge is 2.42. The van der Waals surface area contributed by atoms with Crippen molar-refractivity contribution in [2.24, 2.45) is 16.8 Å². The summed E-state index contributed by atoms with van der Waals surface area (Å²) in [4.78, 5) is 33.0. The van der Waals surface area contributed by atoms with Gasteiger partial charge in [-0.3, -0.25) is 14.8 Å². The molecule has 1 N–H and O–H groups in total. The van der Waals surface area contributed by atoms with Gasteiger partial charge in [-0.1, -0.05) is 19.9 Å². The van der Waals surface area contributed by atoms with Gasteiger partial charge in [0, 0.05) is 23.3 Å². The number of aliphatic imine (C=N–C) groups is 1. The van der Waals surface area contributed by atoms with Gasteiger partial charge in [-0.25, -0.2) is 4.79 Å². The lowest BCUT2D eigenvalue weighted by atomic mass is 9.77. The normalized spacial score (nSPS) is 20.8. The van der Waals surface area contributed by atoms with E-state index in [1.807, 2.05) is 13.8 Å². The van der Waals surface area contributed by atoms with Crippen LogP contribution in [0.25, 0.3) is 0 Å². The summed E-state index contributed by atoms with van der Waals surface area (Å²) in [5.41, 5.74) is 1.73. The third-order valence-electron chi connectivity index (χ3n) is 3.87. The van der Waals surface area contributed by atoms with Crippen LogP contribution in [0.15, 0.2) is 40.7 Å². The Morgan fingerprint density at radius 1 is 1.29 bits per heavy atom. The van der Waals surface area contributed by atoms with Gasteiger partial charge >= 0.3 is 11.9 Å². The van der Waals surface area contributed by atoms with Crippen LogP contribution < -0.4 is 0 Å². The smallest absolute Gasteiger partial charge is 0.336 e. The number of hydrogen-bond donors (Lipinski definition) is 1. The van der Waals surface area contributed by atoms with E-state index in [0.29, 0.717) is 17.1 Å². The number of carbonyl (C=O) groups excluding carboxylic acids is 1. The number of hydrogen-bond acceptors (Lipinski definition) is 5. The number of esters is 1. The Morgan fingerprint density at radius 2 is 2.00 bits per heavy atom. The molecule has 0 aliphatic carbocycles. The highest BCUT2D eigenvalue weighted by molar-refractivity contribution is 6.06. The van der Waals surface area contributed by atoms with Gasteiger partial charge in [0.1, 0.15) is 5.92 Å². The summed E-state index contributed by atoms with van der Waals surface area (Å²) < 4.78 is 5.34. The van der Waals surface area contributed by atoms with E-state index in [2.05, 4.69) is 9.98 Å². The largest absolute Gasteiger partial charge is 0.481 e. The van der Waals surface area contributed by atoms with E-state index in [9.17, 15) is 14.7 Å². The molecule has 0 radical (unpaired) electrons. The van der Waals surface area contributed by atoms with E-state index in [0.717, 1.165) is 0 Å². The molecule has 0 saturated heterocycles. The summed E-state index contributed by atoms with van der Waals surface area (Å²) in [6, 6.07) is 5.24. The first-order valence-electron chi connectivity index (χ1n) is 7.89. The molecule has 0 saturated carbocycles. The van der Waals surface area contributed by atoms with Crippen LogP contribution >= 0.6 is 0 Å². The lowest BCUT2D eigenvalue weighted by molar-refractivity contribution is -0.141. The number of carboxylic acid groups (broad SMARTS) is 1. The van der Waals surface area contributed by atoms with Gasteiger partial charge in [0.25, 0.3) is 0 Å². The van der Waals surface area contributed by atoms with Crippen LogP contribution in [0.2, 0.25) is 0 Å². The summed E-state index contributed by atoms with van der Waals surface area (Å²) in [6.07, 6.45) is 1.59. The molecule has 1 aromatic rings. The number of carboxylic acids is 1. The van der Waals surface area contributed by atoms with E-state index < -0.39 is 23.8 Å². The maximum Gasteiger partial charge on any atom is 0.336 e.